The van der Waals surface area contributed by atoms with Gasteiger partial charge in [-0.25, -0.2) is 9.18 Å². The number of halogens is 2. The molecule has 1 rings (SSSR count). The van der Waals surface area contributed by atoms with Gasteiger partial charge in [-0.1, -0.05) is 0 Å². The number of carboxylic acid groups (broad SMARTS) is 1. The van der Waals surface area contributed by atoms with Crippen LogP contribution in [-0.4, -0.2) is 22.1 Å². The Kier molecular flexibility index (Phi) is 4.00. The molecule has 0 amide bonds. The number of carboxylic acids is 1. The van der Waals surface area contributed by atoms with E-state index in [2.05, 4.69) is 15.9 Å². The van der Waals surface area contributed by atoms with Crippen LogP contribution >= 0.6 is 15.9 Å². The Hall–Kier alpha value is -1.70. The van der Waals surface area contributed by atoms with Gasteiger partial charge in [0.1, 0.15) is 5.82 Å². The van der Waals surface area contributed by atoms with Crippen molar-refractivity contribution in [3.63, 3.8) is 0 Å². The Morgan fingerprint density at radius 2 is 2.24 bits per heavy atom. The van der Waals surface area contributed by atoms with Gasteiger partial charge in [-0.2, -0.15) is 0 Å². The van der Waals surface area contributed by atoms with E-state index in [4.69, 9.17) is 9.84 Å². The predicted octanol–water partition coefficient (Wildman–Crippen LogP) is 2.35. The minimum atomic E-state index is -1.31. The summed E-state index contributed by atoms with van der Waals surface area (Å²) in [5, 5.41) is 19.3. The second-order valence-electron chi connectivity index (χ2n) is 3.09. The molecular weight excluding hydrogens is 301 g/mol. The highest BCUT2D eigenvalue weighted by atomic mass is 79.9. The molecule has 0 saturated heterocycles. The molecular formula is C9H7BrFNO5. The van der Waals surface area contributed by atoms with Crippen molar-refractivity contribution in [2.45, 2.75) is 13.0 Å². The summed E-state index contributed by atoms with van der Waals surface area (Å²) >= 11 is 2.79. The lowest BCUT2D eigenvalue weighted by molar-refractivity contribution is -0.386. The van der Waals surface area contributed by atoms with Crippen LogP contribution in [0.15, 0.2) is 16.6 Å². The first-order chi connectivity index (χ1) is 7.82. The smallest absolute Gasteiger partial charge is 0.344 e. The average Bonchev–Trinajstić information content (AvgIpc) is 2.22. The quantitative estimate of drug-likeness (QED) is 0.681. The van der Waals surface area contributed by atoms with Crippen molar-refractivity contribution in [3.8, 4) is 5.75 Å². The van der Waals surface area contributed by atoms with Crippen molar-refractivity contribution in [1.29, 1.82) is 0 Å². The summed E-state index contributed by atoms with van der Waals surface area (Å²) in [4.78, 5) is 20.4. The van der Waals surface area contributed by atoms with Gasteiger partial charge in [-0.05, 0) is 22.9 Å². The summed E-state index contributed by atoms with van der Waals surface area (Å²) in [7, 11) is 0. The minimum Gasteiger partial charge on any atom is -0.479 e. The zero-order valence-corrected chi connectivity index (χ0v) is 10.1. The maximum Gasteiger partial charge on any atom is 0.344 e. The highest BCUT2D eigenvalue weighted by molar-refractivity contribution is 9.10. The van der Waals surface area contributed by atoms with Gasteiger partial charge in [0.25, 0.3) is 0 Å². The fraction of sp³-hybridized carbons (Fsp3) is 0.222. The molecule has 0 aliphatic heterocycles. The summed E-state index contributed by atoms with van der Waals surface area (Å²) in [5.74, 6) is -2.50. The normalized spacial score (nSPS) is 11.9. The first-order valence-corrected chi connectivity index (χ1v) is 5.15. The van der Waals surface area contributed by atoms with Crippen molar-refractivity contribution >= 4 is 27.6 Å². The Bertz CT molecular complexity index is 479. The van der Waals surface area contributed by atoms with Gasteiger partial charge >= 0.3 is 11.7 Å². The second kappa shape index (κ2) is 5.09. The topological polar surface area (TPSA) is 89.7 Å². The van der Waals surface area contributed by atoms with Crippen molar-refractivity contribution in [3.05, 3.63) is 32.5 Å². The highest BCUT2D eigenvalue weighted by Gasteiger charge is 2.23. The van der Waals surface area contributed by atoms with Crippen LogP contribution < -0.4 is 4.74 Å². The van der Waals surface area contributed by atoms with E-state index in [1.807, 2.05) is 0 Å². The predicted molar refractivity (Wildman–Crippen MR) is 58.5 cm³/mol. The third-order valence-corrected chi connectivity index (χ3v) is 2.46. The highest BCUT2D eigenvalue weighted by Crippen LogP contribution is 2.33. The molecule has 0 aliphatic rings. The first kappa shape index (κ1) is 13.4. The third-order valence-electron chi connectivity index (χ3n) is 1.85. The largest absolute Gasteiger partial charge is 0.479 e. The van der Waals surface area contributed by atoms with Crippen LogP contribution in [0.2, 0.25) is 0 Å². The fourth-order valence-corrected chi connectivity index (χ4v) is 1.33. The lowest BCUT2D eigenvalue weighted by Gasteiger charge is -2.10. The molecule has 1 N–H and O–H groups in total. The summed E-state index contributed by atoms with van der Waals surface area (Å²) in [6, 6.07) is 1.68. The monoisotopic (exact) mass is 307 g/mol. The lowest BCUT2D eigenvalue weighted by Crippen LogP contribution is -2.23. The number of benzene rings is 1. The van der Waals surface area contributed by atoms with Crippen LogP contribution in [0, 0.1) is 15.9 Å². The standard InChI is InChI=1S/C9H7BrFNO5/c1-4(9(13)14)17-8-3-6(11)5(10)2-7(8)12(15)16/h2-4H,1H3,(H,13,14)/t4-/m0/s1. The van der Waals surface area contributed by atoms with E-state index in [9.17, 15) is 19.3 Å². The Morgan fingerprint density at radius 3 is 2.71 bits per heavy atom. The summed E-state index contributed by atoms with van der Waals surface area (Å²) in [5.41, 5.74) is -0.508. The van der Waals surface area contributed by atoms with Gasteiger partial charge in [0.05, 0.1) is 9.40 Å². The Morgan fingerprint density at radius 1 is 1.65 bits per heavy atom. The zero-order valence-electron chi connectivity index (χ0n) is 8.52. The van der Waals surface area contributed by atoms with Gasteiger partial charge in [0, 0.05) is 12.1 Å². The second-order valence-corrected chi connectivity index (χ2v) is 3.94. The van der Waals surface area contributed by atoms with E-state index in [-0.39, 0.29) is 4.47 Å². The molecule has 0 heterocycles. The van der Waals surface area contributed by atoms with Crippen molar-refractivity contribution < 1.29 is 24.0 Å². The molecule has 1 atom stereocenters. The number of aliphatic carboxylic acids is 1. The van der Waals surface area contributed by atoms with Gasteiger partial charge in [-0.3, -0.25) is 10.1 Å². The third kappa shape index (κ3) is 3.13. The van der Waals surface area contributed by atoms with E-state index in [1.54, 1.807) is 0 Å². The van der Waals surface area contributed by atoms with Gasteiger partial charge < -0.3 is 9.84 Å². The molecule has 0 aromatic heterocycles. The van der Waals surface area contributed by atoms with Crippen LogP contribution in [0.4, 0.5) is 10.1 Å². The molecule has 8 heteroatoms. The molecule has 0 aliphatic carbocycles. The molecule has 6 nitrogen and oxygen atoms in total. The van der Waals surface area contributed by atoms with Crippen LogP contribution in [0.5, 0.6) is 5.75 Å². The molecule has 92 valence electrons. The average molecular weight is 308 g/mol. The van der Waals surface area contributed by atoms with E-state index < -0.39 is 34.3 Å². The van der Waals surface area contributed by atoms with E-state index in [1.165, 1.54) is 6.92 Å². The summed E-state index contributed by atoms with van der Waals surface area (Å²) in [6.45, 7) is 1.19. The number of rotatable bonds is 4. The molecule has 0 radical (unpaired) electrons. The van der Waals surface area contributed by atoms with Crippen LogP contribution in [-0.2, 0) is 4.79 Å². The number of nitro benzene ring substituents is 1. The van der Waals surface area contributed by atoms with Crippen LogP contribution in [0.3, 0.4) is 0 Å². The number of carbonyl (C=O) groups is 1. The van der Waals surface area contributed by atoms with Crippen LogP contribution in [0.1, 0.15) is 6.92 Å². The van der Waals surface area contributed by atoms with Gasteiger partial charge in [0.2, 0.25) is 5.75 Å². The summed E-state index contributed by atoms with van der Waals surface area (Å²) in [6.07, 6.45) is -1.31. The van der Waals surface area contributed by atoms with E-state index >= 15 is 0 Å². The minimum absolute atomic E-state index is 0.0977. The van der Waals surface area contributed by atoms with Crippen molar-refractivity contribution in [2.75, 3.05) is 0 Å². The number of ether oxygens (including phenoxy) is 1. The maximum absolute atomic E-state index is 13.2. The molecule has 17 heavy (non-hydrogen) atoms. The molecule has 1 aromatic carbocycles. The van der Waals surface area contributed by atoms with Gasteiger partial charge in [-0.15, -0.1) is 0 Å². The number of hydrogen-bond donors (Lipinski definition) is 1. The molecule has 0 saturated carbocycles. The summed E-state index contributed by atoms with van der Waals surface area (Å²) < 4.78 is 17.9. The molecule has 0 bridgehead atoms. The van der Waals surface area contributed by atoms with Crippen molar-refractivity contribution in [1.82, 2.24) is 0 Å². The SMILES string of the molecule is C[C@H](Oc1cc(F)c(Br)cc1[N+](=O)[O-])C(=O)O. The number of nitro groups is 1. The molecule has 0 fully saturated rings. The number of nitrogens with zero attached hydrogens (tertiary/aromatic N) is 1. The first-order valence-electron chi connectivity index (χ1n) is 4.36. The van der Waals surface area contributed by atoms with E-state index in [0.29, 0.717) is 0 Å². The molecule has 0 spiro atoms. The Labute approximate surface area is 103 Å². The van der Waals surface area contributed by atoms with E-state index in [0.717, 1.165) is 12.1 Å². The lowest BCUT2D eigenvalue weighted by atomic mass is 10.3. The fourth-order valence-electron chi connectivity index (χ4n) is 0.996. The zero-order chi connectivity index (χ0) is 13.2. The van der Waals surface area contributed by atoms with Crippen LogP contribution in [0.25, 0.3) is 0 Å². The molecule has 0 unspecified atom stereocenters. The number of hydrogen-bond acceptors (Lipinski definition) is 4. The van der Waals surface area contributed by atoms with Crippen molar-refractivity contribution in [2.24, 2.45) is 0 Å². The van der Waals surface area contributed by atoms with Gasteiger partial charge in [0.15, 0.2) is 6.10 Å². The maximum atomic E-state index is 13.2. The molecule has 1 aromatic rings. The Balaban J connectivity index is 3.17.